The third-order valence-corrected chi connectivity index (χ3v) is 4.85. The van der Waals surface area contributed by atoms with Gasteiger partial charge in [-0.25, -0.2) is 0 Å². The number of rotatable bonds is 5. The molecular weight excluding hydrogens is 213 g/mol. The molecule has 2 bridgehead atoms. The van der Waals surface area contributed by atoms with E-state index >= 15 is 0 Å². The van der Waals surface area contributed by atoms with E-state index in [9.17, 15) is 0 Å². The van der Waals surface area contributed by atoms with Crippen molar-refractivity contribution in [3.63, 3.8) is 0 Å². The van der Waals surface area contributed by atoms with E-state index in [2.05, 4.69) is 36.7 Å². The van der Waals surface area contributed by atoms with E-state index in [1.165, 1.54) is 11.6 Å². The SMILES string of the molecule is [B]C1=CC2=CC(C2)N1COCC[Si](C)(C)C. The number of hydrogen-bond donors (Lipinski definition) is 0. The lowest BCUT2D eigenvalue weighted by atomic mass is 9.82. The van der Waals surface area contributed by atoms with E-state index in [4.69, 9.17) is 12.6 Å². The second-order valence-electron chi connectivity index (χ2n) is 5.90. The molecule has 16 heavy (non-hydrogen) atoms. The molecule has 0 amide bonds. The summed E-state index contributed by atoms with van der Waals surface area (Å²) in [7, 11) is 4.97. The fourth-order valence-corrected chi connectivity index (χ4v) is 2.69. The Balaban J connectivity index is 1.71. The van der Waals surface area contributed by atoms with Gasteiger partial charge >= 0.3 is 0 Å². The molecule has 1 unspecified atom stereocenters. The van der Waals surface area contributed by atoms with Gasteiger partial charge in [-0.2, -0.15) is 0 Å². The fraction of sp³-hybridized carbons (Fsp3) is 0.667. The first-order valence-electron chi connectivity index (χ1n) is 5.98. The highest BCUT2D eigenvalue weighted by Gasteiger charge is 2.29. The Morgan fingerprint density at radius 1 is 1.50 bits per heavy atom. The summed E-state index contributed by atoms with van der Waals surface area (Å²) in [6, 6.07) is 1.71. The number of hydrogen-bond acceptors (Lipinski definition) is 2. The van der Waals surface area contributed by atoms with Crippen LogP contribution < -0.4 is 0 Å². The van der Waals surface area contributed by atoms with Gasteiger partial charge < -0.3 is 9.64 Å². The lowest BCUT2D eigenvalue weighted by Gasteiger charge is -2.42. The van der Waals surface area contributed by atoms with Crippen LogP contribution in [0.25, 0.3) is 0 Å². The first-order valence-corrected chi connectivity index (χ1v) is 9.69. The minimum Gasteiger partial charge on any atom is -0.361 e. The minimum absolute atomic E-state index is 0.492. The fourth-order valence-electron chi connectivity index (χ4n) is 1.94. The summed E-state index contributed by atoms with van der Waals surface area (Å²) in [6.07, 6.45) is 5.46. The van der Waals surface area contributed by atoms with Crippen LogP contribution in [0, 0.1) is 0 Å². The van der Waals surface area contributed by atoms with Crippen molar-refractivity contribution in [1.82, 2.24) is 4.90 Å². The summed E-state index contributed by atoms with van der Waals surface area (Å²) < 4.78 is 5.73. The number of nitrogens with zero attached hydrogens (tertiary/aromatic N) is 1. The average molecular weight is 233 g/mol. The summed E-state index contributed by atoms with van der Waals surface area (Å²) in [5.41, 5.74) is 2.24. The van der Waals surface area contributed by atoms with Crippen LogP contribution in [-0.2, 0) is 4.74 Å². The smallest absolute Gasteiger partial charge is 0.138 e. The molecule has 0 spiro atoms. The molecule has 0 N–H and O–H groups in total. The van der Waals surface area contributed by atoms with E-state index in [1.807, 2.05) is 0 Å². The van der Waals surface area contributed by atoms with Gasteiger partial charge in [-0.3, -0.25) is 0 Å². The molecule has 0 aromatic rings. The molecule has 0 fully saturated rings. The molecule has 0 saturated carbocycles. The topological polar surface area (TPSA) is 12.5 Å². The molecule has 1 atom stereocenters. The maximum atomic E-state index is 5.94. The third-order valence-electron chi connectivity index (χ3n) is 3.14. The average Bonchev–Trinajstić information content (AvgIpc) is 2.10. The van der Waals surface area contributed by atoms with Crippen LogP contribution >= 0.6 is 0 Å². The van der Waals surface area contributed by atoms with Crippen molar-refractivity contribution in [2.45, 2.75) is 38.1 Å². The largest absolute Gasteiger partial charge is 0.361 e. The van der Waals surface area contributed by atoms with E-state index in [-0.39, 0.29) is 0 Å². The Morgan fingerprint density at radius 3 is 2.75 bits per heavy atom. The van der Waals surface area contributed by atoms with Crippen LogP contribution in [0.1, 0.15) is 6.42 Å². The molecular formula is C12H20BNOSi. The summed E-state index contributed by atoms with van der Waals surface area (Å²) in [4.78, 5) is 2.15. The van der Waals surface area contributed by atoms with Gasteiger partial charge in [0.15, 0.2) is 0 Å². The zero-order chi connectivity index (χ0) is 11.8. The molecule has 2 heterocycles. The lowest BCUT2D eigenvalue weighted by Crippen LogP contribution is -2.43. The van der Waals surface area contributed by atoms with E-state index in [0.717, 1.165) is 18.6 Å². The quantitative estimate of drug-likeness (QED) is 0.533. The second-order valence-corrected chi connectivity index (χ2v) is 11.5. The Kier molecular flexibility index (Phi) is 3.31. The summed E-state index contributed by atoms with van der Waals surface area (Å²) in [5.74, 6) is 0. The van der Waals surface area contributed by atoms with Gasteiger partial charge in [0.1, 0.15) is 14.6 Å². The molecule has 1 aliphatic carbocycles. The molecule has 0 aromatic heterocycles. The van der Waals surface area contributed by atoms with Crippen molar-refractivity contribution in [2.75, 3.05) is 13.3 Å². The highest BCUT2D eigenvalue weighted by Crippen LogP contribution is 2.33. The van der Waals surface area contributed by atoms with Gasteiger partial charge in [0.2, 0.25) is 0 Å². The summed E-state index contributed by atoms with van der Waals surface area (Å²) in [5, 5.41) is 0. The van der Waals surface area contributed by atoms with Crippen LogP contribution in [0.5, 0.6) is 0 Å². The number of ether oxygens (including phenoxy) is 1. The van der Waals surface area contributed by atoms with Crippen molar-refractivity contribution in [1.29, 1.82) is 0 Å². The van der Waals surface area contributed by atoms with Gasteiger partial charge in [-0.05, 0) is 23.6 Å². The van der Waals surface area contributed by atoms with Crippen LogP contribution in [0.2, 0.25) is 25.7 Å². The van der Waals surface area contributed by atoms with Crippen molar-refractivity contribution in [2.24, 2.45) is 0 Å². The molecule has 3 rings (SSSR count). The third kappa shape index (κ3) is 2.80. The zero-order valence-electron chi connectivity index (χ0n) is 10.5. The predicted octanol–water partition coefficient (Wildman–Crippen LogP) is 2.32. The van der Waals surface area contributed by atoms with Crippen molar-refractivity contribution in [3.05, 3.63) is 23.3 Å². The minimum atomic E-state index is -0.969. The van der Waals surface area contributed by atoms with Crippen molar-refractivity contribution in [3.8, 4) is 0 Å². The predicted molar refractivity (Wildman–Crippen MR) is 71.1 cm³/mol. The van der Waals surface area contributed by atoms with E-state index < -0.39 is 8.07 Å². The highest BCUT2D eigenvalue weighted by molar-refractivity contribution is 6.76. The second kappa shape index (κ2) is 4.42. The highest BCUT2D eigenvalue weighted by atomic mass is 28.3. The maximum absolute atomic E-state index is 5.94. The molecule has 3 aliphatic rings. The summed E-state index contributed by atoms with van der Waals surface area (Å²) in [6.45, 7) is 8.61. The first-order chi connectivity index (χ1) is 7.46. The molecule has 2 radical (unpaired) electrons. The Morgan fingerprint density at radius 2 is 2.19 bits per heavy atom. The molecule has 0 saturated heterocycles. The van der Waals surface area contributed by atoms with Gasteiger partial charge in [-0.1, -0.05) is 31.8 Å². The summed E-state index contributed by atoms with van der Waals surface area (Å²) >= 11 is 0. The number of fused-ring (bicyclic) bond motifs is 1. The van der Waals surface area contributed by atoms with Gasteiger partial charge in [-0.15, -0.1) is 0 Å². The Labute approximate surface area is 101 Å². The van der Waals surface area contributed by atoms with Gasteiger partial charge in [0.25, 0.3) is 0 Å². The van der Waals surface area contributed by atoms with Crippen LogP contribution in [0.4, 0.5) is 0 Å². The molecule has 4 heteroatoms. The van der Waals surface area contributed by atoms with Gasteiger partial charge in [0.05, 0.1) is 6.04 Å². The monoisotopic (exact) mass is 233 g/mol. The molecule has 86 valence electrons. The normalized spacial score (nSPS) is 23.7. The Bertz CT molecular complexity index is 332. The maximum Gasteiger partial charge on any atom is 0.138 e. The Hall–Kier alpha value is -0.478. The van der Waals surface area contributed by atoms with Crippen LogP contribution in [0.3, 0.4) is 0 Å². The standard InChI is InChI=1S/C12H20BNOSi/c1-16(2,3)5-4-15-9-14-11-6-10(7-11)8-12(14)13/h6,8,11H,4-5,7,9H2,1-3H3. The molecule has 0 aromatic carbocycles. The first kappa shape index (κ1) is 12.0. The van der Waals surface area contributed by atoms with Crippen LogP contribution in [-0.4, -0.2) is 40.2 Å². The van der Waals surface area contributed by atoms with Crippen LogP contribution in [0.15, 0.2) is 23.3 Å². The van der Waals surface area contributed by atoms with E-state index in [0.29, 0.717) is 12.8 Å². The van der Waals surface area contributed by atoms with Crippen molar-refractivity contribution >= 4 is 15.9 Å². The molecule has 2 nitrogen and oxygen atoms in total. The lowest BCUT2D eigenvalue weighted by molar-refractivity contribution is 0.0400. The zero-order valence-corrected chi connectivity index (χ0v) is 11.5. The molecule has 2 aliphatic heterocycles. The van der Waals surface area contributed by atoms with Crippen molar-refractivity contribution < 1.29 is 4.74 Å². The van der Waals surface area contributed by atoms with Gasteiger partial charge in [0, 0.05) is 14.7 Å². The van der Waals surface area contributed by atoms with E-state index in [1.54, 1.807) is 0 Å². The number of allylic oxidation sites excluding steroid dienone is 1.